The van der Waals surface area contributed by atoms with Gasteiger partial charge in [-0.25, -0.2) is 9.67 Å². The number of benzene rings is 3. The molecule has 0 saturated carbocycles. The molecule has 1 atom stereocenters. The largest absolute Gasteiger partial charge is 0.492 e. The topological polar surface area (TPSA) is 136 Å². The van der Waals surface area contributed by atoms with Crippen molar-refractivity contribution in [3.8, 4) is 17.1 Å². The molecule has 2 aromatic heterocycles. The molecule has 1 aliphatic rings. The number of carbonyl (C=O) groups is 3. The normalized spacial score (nSPS) is 16.2. The van der Waals surface area contributed by atoms with E-state index in [1.165, 1.54) is 11.1 Å². The quantitative estimate of drug-likeness (QED) is 0.308. The molecular weight excluding hydrogens is 596 g/mol. The van der Waals surface area contributed by atoms with Gasteiger partial charge < -0.3 is 20.3 Å². The number of carbonyl (C=O) groups excluding carboxylic acids is 3. The number of ether oxygens (including phenoxy) is 1. The van der Waals surface area contributed by atoms with Crippen molar-refractivity contribution >= 4 is 17.7 Å². The van der Waals surface area contributed by atoms with E-state index in [2.05, 4.69) is 15.7 Å². The molecule has 3 heterocycles. The third-order valence-corrected chi connectivity index (χ3v) is 7.74. The average molecular weight is 633 g/mol. The van der Waals surface area contributed by atoms with Gasteiger partial charge in [-0.05, 0) is 37.1 Å². The summed E-state index contributed by atoms with van der Waals surface area (Å²) in [7, 11) is 0. The summed E-state index contributed by atoms with van der Waals surface area (Å²) in [5.74, 6) is 0.691. The fraction of sp³-hybridized carbons (Fsp3) is 0.257. The van der Waals surface area contributed by atoms with Gasteiger partial charge in [-0.3, -0.25) is 19.1 Å². The lowest BCUT2D eigenvalue weighted by Gasteiger charge is -2.23. The van der Waals surface area contributed by atoms with Crippen molar-refractivity contribution in [1.29, 1.82) is 0 Å². The standard InChI is InChI=1S/C35H36N8O4/c1-25-33-39-32(27-12-6-3-7-13-27)40-43(33)18-19-47-30-15-8-14-28(20-30)34(45)36-16-9-17-41(24-31(44)38-25)35(46)29-21-37-42(23-29)22-26-10-4-2-5-11-26/h2-8,10-15,20-21,23,25H,9,16-19,22,24H2,1H3,(H,36,45)(H,38,44)/t25-/m0/s1. The Morgan fingerprint density at radius 3 is 2.53 bits per heavy atom. The van der Waals surface area contributed by atoms with Gasteiger partial charge >= 0.3 is 0 Å². The molecule has 5 aromatic rings. The van der Waals surface area contributed by atoms with Gasteiger partial charge in [-0.1, -0.05) is 66.7 Å². The zero-order chi connectivity index (χ0) is 32.6. The zero-order valence-electron chi connectivity index (χ0n) is 26.1. The highest BCUT2D eigenvalue weighted by Gasteiger charge is 2.24. The molecular formula is C35H36N8O4. The predicted octanol–water partition coefficient (Wildman–Crippen LogP) is 3.72. The van der Waals surface area contributed by atoms with Crippen LogP contribution in [0.2, 0.25) is 0 Å². The average Bonchev–Trinajstić information content (AvgIpc) is 3.74. The van der Waals surface area contributed by atoms with Crippen LogP contribution >= 0.6 is 0 Å². The highest BCUT2D eigenvalue weighted by molar-refractivity contribution is 5.96. The Kier molecular flexibility index (Phi) is 9.66. The molecule has 3 amide bonds. The van der Waals surface area contributed by atoms with Crippen molar-refractivity contribution in [1.82, 2.24) is 40.1 Å². The molecule has 0 fully saturated rings. The van der Waals surface area contributed by atoms with E-state index in [0.717, 1.165) is 11.1 Å². The monoisotopic (exact) mass is 632 g/mol. The third-order valence-electron chi connectivity index (χ3n) is 7.74. The molecule has 240 valence electrons. The summed E-state index contributed by atoms with van der Waals surface area (Å²) in [4.78, 5) is 46.3. The Morgan fingerprint density at radius 2 is 1.72 bits per heavy atom. The first kappa shape index (κ1) is 31.2. The van der Waals surface area contributed by atoms with Gasteiger partial charge in [0.1, 0.15) is 18.2 Å². The summed E-state index contributed by atoms with van der Waals surface area (Å²) in [6, 6.07) is 25.9. The zero-order valence-corrected chi connectivity index (χ0v) is 26.1. The summed E-state index contributed by atoms with van der Waals surface area (Å²) in [6.07, 6.45) is 3.64. The first-order valence-electron chi connectivity index (χ1n) is 15.6. The van der Waals surface area contributed by atoms with Gasteiger partial charge in [0, 0.05) is 30.4 Å². The number of fused-ring (bicyclic) bond motifs is 3. The second-order valence-corrected chi connectivity index (χ2v) is 11.3. The minimum absolute atomic E-state index is 0.189. The molecule has 2 N–H and O–H groups in total. The predicted molar refractivity (Wildman–Crippen MR) is 175 cm³/mol. The number of rotatable bonds is 4. The van der Waals surface area contributed by atoms with Crippen molar-refractivity contribution in [3.05, 3.63) is 120 Å². The molecule has 1 aliphatic heterocycles. The number of nitrogens with one attached hydrogen (secondary N) is 2. The molecule has 0 unspecified atom stereocenters. The lowest BCUT2D eigenvalue weighted by Crippen LogP contribution is -2.43. The van der Waals surface area contributed by atoms with Crippen molar-refractivity contribution in [2.75, 3.05) is 26.2 Å². The molecule has 0 spiro atoms. The summed E-state index contributed by atoms with van der Waals surface area (Å²) in [6.45, 7) is 3.32. The van der Waals surface area contributed by atoms with E-state index >= 15 is 0 Å². The Hall–Kier alpha value is -5.78. The summed E-state index contributed by atoms with van der Waals surface area (Å²) >= 11 is 0. The molecule has 0 saturated heterocycles. The minimum atomic E-state index is -0.514. The first-order chi connectivity index (χ1) is 22.9. The van der Waals surface area contributed by atoms with E-state index in [4.69, 9.17) is 14.8 Å². The third kappa shape index (κ3) is 7.90. The molecule has 47 heavy (non-hydrogen) atoms. The van der Waals surface area contributed by atoms with Gasteiger partial charge in [0.25, 0.3) is 11.8 Å². The maximum absolute atomic E-state index is 13.7. The van der Waals surface area contributed by atoms with Gasteiger partial charge in [0.2, 0.25) is 5.91 Å². The summed E-state index contributed by atoms with van der Waals surface area (Å²) < 4.78 is 9.39. The Balaban J connectivity index is 1.25. The Labute approximate surface area is 272 Å². The van der Waals surface area contributed by atoms with Crippen LogP contribution in [0.1, 0.15) is 51.5 Å². The second-order valence-electron chi connectivity index (χ2n) is 11.3. The fourth-order valence-electron chi connectivity index (χ4n) is 5.39. The first-order valence-corrected chi connectivity index (χ1v) is 15.6. The van der Waals surface area contributed by atoms with Crippen molar-refractivity contribution in [2.45, 2.75) is 32.5 Å². The number of nitrogens with zero attached hydrogens (tertiary/aromatic N) is 6. The SMILES string of the molecule is C[C@@H]1NC(=O)CN(C(=O)c2cnn(Cc3ccccc3)c2)CCCNC(=O)c2cccc(c2)OCCn2nc(-c3ccccc3)nc21. The number of amides is 3. The van der Waals surface area contributed by atoms with Crippen LogP contribution in [0.4, 0.5) is 0 Å². The van der Waals surface area contributed by atoms with E-state index in [1.54, 1.807) is 39.8 Å². The molecule has 0 radical (unpaired) electrons. The van der Waals surface area contributed by atoms with Crippen LogP contribution in [-0.4, -0.2) is 73.4 Å². The van der Waals surface area contributed by atoms with Crippen LogP contribution in [0, 0.1) is 0 Å². The van der Waals surface area contributed by atoms with Gasteiger partial charge in [-0.2, -0.15) is 10.2 Å². The number of hydrogen-bond acceptors (Lipinski definition) is 7. The fourth-order valence-corrected chi connectivity index (χ4v) is 5.39. The smallest absolute Gasteiger partial charge is 0.257 e. The van der Waals surface area contributed by atoms with E-state index in [0.29, 0.717) is 54.6 Å². The molecule has 6 rings (SSSR count). The van der Waals surface area contributed by atoms with E-state index in [1.807, 2.05) is 67.6 Å². The van der Waals surface area contributed by atoms with Crippen LogP contribution < -0.4 is 15.4 Å². The summed E-state index contributed by atoms with van der Waals surface area (Å²) in [5.41, 5.74) is 2.73. The van der Waals surface area contributed by atoms with E-state index in [9.17, 15) is 14.4 Å². The van der Waals surface area contributed by atoms with Crippen LogP contribution in [0.3, 0.4) is 0 Å². The number of aromatic nitrogens is 5. The molecule has 3 aromatic carbocycles. The van der Waals surface area contributed by atoms with Crippen LogP contribution in [-0.2, 0) is 17.9 Å². The minimum Gasteiger partial charge on any atom is -0.492 e. The van der Waals surface area contributed by atoms with Crippen LogP contribution in [0.5, 0.6) is 5.75 Å². The molecule has 12 nitrogen and oxygen atoms in total. The van der Waals surface area contributed by atoms with Crippen LogP contribution in [0.25, 0.3) is 11.4 Å². The van der Waals surface area contributed by atoms with Gasteiger partial charge in [0.15, 0.2) is 5.82 Å². The van der Waals surface area contributed by atoms with Crippen LogP contribution in [0.15, 0.2) is 97.3 Å². The van der Waals surface area contributed by atoms with E-state index < -0.39 is 6.04 Å². The van der Waals surface area contributed by atoms with Crippen molar-refractivity contribution < 1.29 is 19.1 Å². The van der Waals surface area contributed by atoms with Gasteiger partial charge in [-0.15, -0.1) is 0 Å². The number of hydrogen-bond donors (Lipinski definition) is 2. The maximum atomic E-state index is 13.7. The Bertz CT molecular complexity index is 1840. The Morgan fingerprint density at radius 1 is 0.957 bits per heavy atom. The maximum Gasteiger partial charge on any atom is 0.257 e. The highest BCUT2D eigenvalue weighted by atomic mass is 16.5. The van der Waals surface area contributed by atoms with E-state index in [-0.39, 0.29) is 37.4 Å². The second kappa shape index (κ2) is 14.5. The van der Waals surface area contributed by atoms with Crippen molar-refractivity contribution in [3.63, 3.8) is 0 Å². The molecule has 2 bridgehead atoms. The molecule has 0 aliphatic carbocycles. The lowest BCUT2D eigenvalue weighted by molar-refractivity contribution is -0.122. The van der Waals surface area contributed by atoms with Crippen molar-refractivity contribution in [2.24, 2.45) is 0 Å². The summed E-state index contributed by atoms with van der Waals surface area (Å²) in [5, 5.41) is 15.0. The lowest BCUT2D eigenvalue weighted by atomic mass is 10.2. The highest BCUT2D eigenvalue weighted by Crippen LogP contribution is 2.20. The van der Waals surface area contributed by atoms with Gasteiger partial charge in [0.05, 0.1) is 37.4 Å². The molecule has 12 heteroatoms.